The number of halogens is 2. The number of hydrogen-bond acceptors (Lipinski definition) is 3. The van der Waals surface area contributed by atoms with Gasteiger partial charge in [0, 0.05) is 33.2 Å². The first-order valence-electron chi connectivity index (χ1n) is 6.48. The SMILES string of the molecule is Cc1ccc(-c2c(I)[nH]c3ncc(Br)c(C)c23)cc1[N+](=O)[O-]. The van der Waals surface area contributed by atoms with Crippen LogP contribution >= 0.6 is 38.5 Å². The third-order valence-electron chi connectivity index (χ3n) is 3.67. The highest BCUT2D eigenvalue weighted by Crippen LogP contribution is 2.38. The summed E-state index contributed by atoms with van der Waals surface area (Å²) < 4.78 is 1.83. The Labute approximate surface area is 148 Å². The molecule has 22 heavy (non-hydrogen) atoms. The van der Waals surface area contributed by atoms with Gasteiger partial charge in [-0.05, 0) is 63.5 Å². The Kier molecular flexibility index (Phi) is 3.94. The Morgan fingerprint density at radius 2 is 2.09 bits per heavy atom. The molecule has 7 heteroatoms. The molecule has 0 aliphatic heterocycles. The molecule has 2 aromatic heterocycles. The zero-order valence-electron chi connectivity index (χ0n) is 11.8. The summed E-state index contributed by atoms with van der Waals surface area (Å²) in [6, 6.07) is 5.32. The van der Waals surface area contributed by atoms with E-state index in [-0.39, 0.29) is 10.6 Å². The van der Waals surface area contributed by atoms with Gasteiger partial charge < -0.3 is 4.98 Å². The van der Waals surface area contributed by atoms with Crippen LogP contribution in [0.4, 0.5) is 5.69 Å². The third kappa shape index (κ3) is 2.41. The Balaban J connectivity index is 2.35. The molecule has 0 saturated heterocycles. The van der Waals surface area contributed by atoms with E-state index in [2.05, 4.69) is 48.5 Å². The summed E-state index contributed by atoms with van der Waals surface area (Å²) in [5.41, 5.74) is 4.38. The molecule has 0 aliphatic carbocycles. The number of hydrogen-bond donors (Lipinski definition) is 1. The molecule has 0 spiro atoms. The van der Waals surface area contributed by atoms with E-state index >= 15 is 0 Å². The van der Waals surface area contributed by atoms with Crippen molar-refractivity contribution < 1.29 is 4.92 Å². The first-order chi connectivity index (χ1) is 10.4. The van der Waals surface area contributed by atoms with E-state index < -0.39 is 0 Å². The molecule has 0 atom stereocenters. The van der Waals surface area contributed by atoms with E-state index in [1.165, 1.54) is 0 Å². The number of nitro groups is 1. The summed E-state index contributed by atoms with van der Waals surface area (Å²) in [6.45, 7) is 3.75. The zero-order chi connectivity index (χ0) is 16.0. The number of nitrogens with zero attached hydrogens (tertiary/aromatic N) is 2. The Bertz CT molecular complexity index is 921. The lowest BCUT2D eigenvalue weighted by Gasteiger charge is -2.06. The molecular formula is C15H11BrIN3O2. The normalized spacial score (nSPS) is 11.1. The molecule has 1 aromatic carbocycles. The molecule has 1 N–H and O–H groups in total. The second-order valence-electron chi connectivity index (χ2n) is 5.03. The number of rotatable bonds is 2. The van der Waals surface area contributed by atoms with Gasteiger partial charge in [0.15, 0.2) is 0 Å². The molecule has 112 valence electrons. The molecule has 2 heterocycles. The van der Waals surface area contributed by atoms with Crippen molar-refractivity contribution in [1.29, 1.82) is 0 Å². The summed E-state index contributed by atoms with van der Waals surface area (Å²) in [6.07, 6.45) is 1.76. The maximum absolute atomic E-state index is 11.2. The minimum atomic E-state index is -0.346. The summed E-state index contributed by atoms with van der Waals surface area (Å²) in [4.78, 5) is 18.5. The minimum Gasteiger partial charge on any atom is -0.334 e. The minimum absolute atomic E-state index is 0.128. The van der Waals surface area contributed by atoms with Crippen LogP contribution in [0.5, 0.6) is 0 Å². The van der Waals surface area contributed by atoms with Crippen molar-refractivity contribution in [2.45, 2.75) is 13.8 Å². The van der Waals surface area contributed by atoms with Crippen LogP contribution in [0.2, 0.25) is 0 Å². The van der Waals surface area contributed by atoms with Gasteiger partial charge >= 0.3 is 0 Å². The zero-order valence-corrected chi connectivity index (χ0v) is 15.5. The number of aryl methyl sites for hydroxylation is 2. The molecule has 0 bridgehead atoms. The van der Waals surface area contributed by atoms with E-state index in [9.17, 15) is 10.1 Å². The number of nitrogens with one attached hydrogen (secondary N) is 1. The van der Waals surface area contributed by atoms with Gasteiger partial charge in [-0.3, -0.25) is 10.1 Å². The lowest BCUT2D eigenvalue weighted by Crippen LogP contribution is -1.92. The smallest absolute Gasteiger partial charge is 0.272 e. The van der Waals surface area contributed by atoms with Gasteiger partial charge in [-0.2, -0.15) is 0 Å². The standard InChI is InChI=1S/C15H11BrIN3O2/c1-7-3-4-9(5-11(7)20(21)22)13-12-8(2)10(16)6-18-15(12)19-14(13)17/h3-6H,1-2H3,(H,18,19). The highest BCUT2D eigenvalue weighted by molar-refractivity contribution is 14.1. The fourth-order valence-electron chi connectivity index (χ4n) is 2.49. The summed E-state index contributed by atoms with van der Waals surface area (Å²) in [5, 5.41) is 12.2. The maximum Gasteiger partial charge on any atom is 0.272 e. The predicted octanol–water partition coefficient (Wildman–Crippen LogP) is 5.12. The lowest BCUT2D eigenvalue weighted by atomic mass is 10.0. The fraction of sp³-hybridized carbons (Fsp3) is 0.133. The van der Waals surface area contributed by atoms with Gasteiger partial charge in [0.25, 0.3) is 5.69 Å². The average Bonchev–Trinajstić information content (AvgIpc) is 2.80. The van der Waals surface area contributed by atoms with E-state index in [0.717, 1.165) is 35.9 Å². The highest BCUT2D eigenvalue weighted by atomic mass is 127. The Morgan fingerprint density at radius 3 is 2.77 bits per heavy atom. The highest BCUT2D eigenvalue weighted by Gasteiger charge is 2.19. The number of fused-ring (bicyclic) bond motifs is 1. The van der Waals surface area contributed by atoms with Crippen molar-refractivity contribution >= 4 is 55.2 Å². The number of pyridine rings is 1. The topological polar surface area (TPSA) is 71.8 Å². The van der Waals surface area contributed by atoms with Gasteiger partial charge in [0.1, 0.15) is 5.65 Å². The van der Waals surface area contributed by atoms with Gasteiger partial charge in [0.2, 0.25) is 0 Å². The number of aromatic amines is 1. The predicted molar refractivity (Wildman–Crippen MR) is 98.1 cm³/mol. The van der Waals surface area contributed by atoms with Crippen LogP contribution in [0, 0.1) is 27.7 Å². The molecule has 3 aromatic rings. The molecule has 0 amide bonds. The maximum atomic E-state index is 11.2. The van der Waals surface area contributed by atoms with Gasteiger partial charge in [-0.1, -0.05) is 12.1 Å². The van der Waals surface area contributed by atoms with E-state index in [4.69, 9.17) is 0 Å². The van der Waals surface area contributed by atoms with Crippen molar-refractivity contribution in [2.75, 3.05) is 0 Å². The molecule has 5 nitrogen and oxygen atoms in total. The van der Waals surface area contributed by atoms with Gasteiger partial charge in [0.05, 0.1) is 8.62 Å². The van der Waals surface area contributed by atoms with Crippen molar-refractivity contribution in [3.8, 4) is 11.1 Å². The van der Waals surface area contributed by atoms with E-state index in [0.29, 0.717) is 5.56 Å². The largest absolute Gasteiger partial charge is 0.334 e. The van der Waals surface area contributed by atoms with Crippen molar-refractivity contribution in [2.24, 2.45) is 0 Å². The van der Waals surface area contributed by atoms with Crippen LogP contribution in [0.3, 0.4) is 0 Å². The van der Waals surface area contributed by atoms with Gasteiger partial charge in [-0.15, -0.1) is 0 Å². The fourth-order valence-corrected chi connectivity index (χ4v) is 3.63. The molecule has 0 aliphatic rings. The average molecular weight is 472 g/mol. The first-order valence-corrected chi connectivity index (χ1v) is 8.35. The molecule has 3 rings (SSSR count). The van der Waals surface area contributed by atoms with Crippen LogP contribution in [0.25, 0.3) is 22.2 Å². The van der Waals surface area contributed by atoms with E-state index in [1.807, 2.05) is 13.0 Å². The van der Waals surface area contributed by atoms with Crippen LogP contribution < -0.4 is 0 Å². The molecule has 0 unspecified atom stereocenters. The lowest BCUT2D eigenvalue weighted by molar-refractivity contribution is -0.385. The van der Waals surface area contributed by atoms with Crippen molar-refractivity contribution in [1.82, 2.24) is 9.97 Å². The van der Waals surface area contributed by atoms with Crippen LogP contribution in [-0.2, 0) is 0 Å². The third-order valence-corrected chi connectivity index (χ3v) is 5.28. The summed E-state index contributed by atoms with van der Waals surface area (Å²) in [7, 11) is 0. The quantitative estimate of drug-likeness (QED) is 0.320. The van der Waals surface area contributed by atoms with Crippen molar-refractivity contribution in [3.05, 3.63) is 53.8 Å². The number of benzene rings is 1. The molecule has 0 fully saturated rings. The number of aromatic nitrogens is 2. The van der Waals surface area contributed by atoms with Crippen molar-refractivity contribution in [3.63, 3.8) is 0 Å². The van der Waals surface area contributed by atoms with Crippen LogP contribution in [0.1, 0.15) is 11.1 Å². The summed E-state index contributed by atoms with van der Waals surface area (Å²) >= 11 is 5.70. The second kappa shape index (κ2) is 5.62. The summed E-state index contributed by atoms with van der Waals surface area (Å²) in [5.74, 6) is 0. The van der Waals surface area contributed by atoms with Crippen LogP contribution in [-0.4, -0.2) is 14.9 Å². The number of nitro benzene ring substituents is 1. The Morgan fingerprint density at radius 1 is 1.36 bits per heavy atom. The second-order valence-corrected chi connectivity index (χ2v) is 6.96. The van der Waals surface area contributed by atoms with Crippen LogP contribution in [0.15, 0.2) is 28.9 Å². The van der Waals surface area contributed by atoms with Gasteiger partial charge in [-0.25, -0.2) is 4.98 Å². The first kappa shape index (κ1) is 15.4. The molecular weight excluding hydrogens is 461 g/mol. The van der Waals surface area contributed by atoms with E-state index in [1.54, 1.807) is 25.3 Å². The Hall–Kier alpha value is -1.48. The number of H-pyrrole nitrogens is 1. The molecule has 0 saturated carbocycles. The monoisotopic (exact) mass is 471 g/mol. The molecule has 0 radical (unpaired) electrons.